The highest BCUT2D eigenvalue weighted by Crippen LogP contribution is 2.30. The van der Waals surface area contributed by atoms with Crippen LogP contribution in [-0.2, 0) is 18.2 Å². The lowest BCUT2D eigenvalue weighted by molar-refractivity contribution is -0.00715. The summed E-state index contributed by atoms with van der Waals surface area (Å²) in [6.07, 6.45) is 0.549. The van der Waals surface area contributed by atoms with Crippen LogP contribution in [0.5, 0.6) is 0 Å². The quantitative estimate of drug-likeness (QED) is 0.755. The molecule has 0 saturated carbocycles. The summed E-state index contributed by atoms with van der Waals surface area (Å²) in [5.74, 6) is -0.924. The molecule has 2 heterocycles. The van der Waals surface area contributed by atoms with Crippen molar-refractivity contribution in [1.29, 1.82) is 0 Å². The maximum absolute atomic E-state index is 11.1. The Labute approximate surface area is 87.7 Å². The van der Waals surface area contributed by atoms with Crippen molar-refractivity contribution in [2.75, 3.05) is 0 Å². The Kier molecular flexibility index (Phi) is 2.26. The van der Waals surface area contributed by atoms with Gasteiger partial charge in [0.1, 0.15) is 5.69 Å². The zero-order chi connectivity index (χ0) is 11.2. The first-order valence-corrected chi connectivity index (χ1v) is 4.95. The Hall–Kier alpha value is -1.36. The van der Waals surface area contributed by atoms with E-state index in [0.29, 0.717) is 6.42 Å². The van der Waals surface area contributed by atoms with Crippen LogP contribution in [0, 0.1) is 0 Å². The number of hydrogen-bond acceptors (Lipinski definition) is 3. The highest BCUT2D eigenvalue weighted by atomic mass is 16.5. The minimum atomic E-state index is -0.924. The first-order chi connectivity index (χ1) is 7.00. The summed E-state index contributed by atoms with van der Waals surface area (Å²) in [7, 11) is 1.65. The molecule has 1 aliphatic rings. The van der Waals surface area contributed by atoms with Gasteiger partial charge in [0.05, 0.1) is 17.9 Å². The predicted octanol–water partition coefficient (Wildman–Crippen LogP) is 1.14. The van der Waals surface area contributed by atoms with Crippen molar-refractivity contribution in [3.05, 3.63) is 17.0 Å². The number of carboxylic acids is 1. The van der Waals surface area contributed by atoms with E-state index in [-0.39, 0.29) is 17.9 Å². The zero-order valence-electron chi connectivity index (χ0n) is 9.02. The van der Waals surface area contributed by atoms with Crippen molar-refractivity contribution in [2.24, 2.45) is 7.05 Å². The summed E-state index contributed by atoms with van der Waals surface area (Å²) < 4.78 is 7.01. The monoisotopic (exact) mass is 210 g/mol. The molecule has 0 fully saturated rings. The van der Waals surface area contributed by atoms with Crippen LogP contribution in [-0.4, -0.2) is 27.0 Å². The Balaban J connectivity index is 2.56. The number of nitrogens with zero attached hydrogens (tertiary/aromatic N) is 2. The van der Waals surface area contributed by atoms with Gasteiger partial charge in [0.15, 0.2) is 0 Å². The molecule has 82 valence electrons. The van der Waals surface area contributed by atoms with Gasteiger partial charge >= 0.3 is 5.97 Å². The number of carbonyl (C=O) groups is 1. The van der Waals surface area contributed by atoms with Crippen molar-refractivity contribution < 1.29 is 14.6 Å². The summed E-state index contributed by atoms with van der Waals surface area (Å²) in [6.45, 7) is 3.84. The van der Waals surface area contributed by atoms with Crippen LogP contribution in [0.3, 0.4) is 0 Å². The number of aromatic nitrogens is 2. The van der Waals surface area contributed by atoms with Gasteiger partial charge in [0.25, 0.3) is 0 Å². The highest BCUT2D eigenvalue weighted by molar-refractivity contribution is 5.87. The maximum Gasteiger partial charge on any atom is 0.354 e. The Morgan fingerprint density at radius 1 is 1.60 bits per heavy atom. The van der Waals surface area contributed by atoms with Gasteiger partial charge in [-0.2, -0.15) is 5.10 Å². The van der Waals surface area contributed by atoms with Gasteiger partial charge in [-0.15, -0.1) is 0 Å². The molecule has 5 nitrogen and oxygen atoms in total. The zero-order valence-corrected chi connectivity index (χ0v) is 9.02. The molecule has 0 saturated heterocycles. The van der Waals surface area contributed by atoms with Crippen LogP contribution in [0.15, 0.2) is 0 Å². The van der Waals surface area contributed by atoms with Gasteiger partial charge in [0, 0.05) is 19.0 Å². The van der Waals surface area contributed by atoms with E-state index in [1.807, 2.05) is 13.8 Å². The largest absolute Gasteiger partial charge is 0.477 e. The second-order valence-corrected chi connectivity index (χ2v) is 3.93. The third kappa shape index (κ3) is 1.52. The van der Waals surface area contributed by atoms with Crippen molar-refractivity contribution >= 4 is 5.97 Å². The molecule has 1 aromatic rings. The summed E-state index contributed by atoms with van der Waals surface area (Å²) in [5.41, 5.74) is 1.86. The van der Waals surface area contributed by atoms with E-state index in [1.54, 1.807) is 7.05 Å². The van der Waals surface area contributed by atoms with E-state index in [9.17, 15) is 4.79 Å². The topological polar surface area (TPSA) is 64.4 Å². The van der Waals surface area contributed by atoms with Gasteiger partial charge in [-0.05, 0) is 13.8 Å². The number of aromatic carboxylic acids is 1. The van der Waals surface area contributed by atoms with E-state index in [2.05, 4.69) is 5.10 Å². The van der Waals surface area contributed by atoms with Gasteiger partial charge in [-0.1, -0.05) is 0 Å². The fourth-order valence-electron chi connectivity index (χ4n) is 2.13. The molecule has 0 aromatic carbocycles. The Bertz CT molecular complexity index is 411. The first-order valence-electron chi connectivity index (χ1n) is 4.95. The summed E-state index contributed by atoms with van der Waals surface area (Å²) >= 11 is 0. The number of fused-ring (bicyclic) bond motifs is 1. The third-order valence-corrected chi connectivity index (χ3v) is 2.69. The summed E-state index contributed by atoms with van der Waals surface area (Å²) in [6, 6.07) is 0. The molecule has 1 N–H and O–H groups in total. The lowest BCUT2D eigenvalue weighted by atomic mass is 10.00. The van der Waals surface area contributed by atoms with E-state index in [1.165, 1.54) is 4.68 Å². The molecule has 1 aromatic heterocycles. The second kappa shape index (κ2) is 3.34. The minimum Gasteiger partial charge on any atom is -0.477 e. The molecule has 1 aliphatic heterocycles. The first kappa shape index (κ1) is 10.2. The van der Waals surface area contributed by atoms with Gasteiger partial charge in [-0.3, -0.25) is 4.68 Å². The van der Waals surface area contributed by atoms with E-state index in [0.717, 1.165) is 11.3 Å². The smallest absolute Gasteiger partial charge is 0.354 e. The molecule has 0 aliphatic carbocycles. The molecule has 2 atom stereocenters. The molecule has 0 spiro atoms. The molecular formula is C10H14N2O3. The lowest BCUT2D eigenvalue weighted by Crippen LogP contribution is -2.22. The third-order valence-electron chi connectivity index (χ3n) is 2.69. The number of ether oxygens (including phenoxy) is 1. The van der Waals surface area contributed by atoms with Crippen molar-refractivity contribution in [3.8, 4) is 0 Å². The number of aryl methyl sites for hydroxylation is 1. The number of hydrogen-bond donors (Lipinski definition) is 1. The molecule has 0 bridgehead atoms. The van der Waals surface area contributed by atoms with Crippen molar-refractivity contribution in [2.45, 2.75) is 32.5 Å². The van der Waals surface area contributed by atoms with Crippen molar-refractivity contribution in [1.82, 2.24) is 9.78 Å². The molecule has 0 radical (unpaired) electrons. The van der Waals surface area contributed by atoms with Gasteiger partial charge < -0.3 is 9.84 Å². The van der Waals surface area contributed by atoms with E-state index >= 15 is 0 Å². The standard InChI is InChI=1S/C10H14N2O3/c1-5-4-7-8(6(2)15-5)11-12(3)9(7)10(13)14/h5-6H,4H2,1-3H3,(H,13,14)/t5-,6+/m1/s1. The Morgan fingerprint density at radius 3 is 2.87 bits per heavy atom. The average molecular weight is 210 g/mol. The SMILES string of the molecule is C[C@@H]1Cc2c(nn(C)c2C(=O)O)[C@H](C)O1. The van der Waals surface area contributed by atoms with E-state index in [4.69, 9.17) is 9.84 Å². The van der Waals surface area contributed by atoms with Crippen LogP contribution < -0.4 is 0 Å². The van der Waals surface area contributed by atoms with Crippen LogP contribution >= 0.6 is 0 Å². The molecule has 0 amide bonds. The fourth-order valence-corrected chi connectivity index (χ4v) is 2.13. The van der Waals surface area contributed by atoms with Crippen LogP contribution in [0.25, 0.3) is 0 Å². The molecule has 5 heteroatoms. The average Bonchev–Trinajstić information content (AvgIpc) is 2.41. The van der Waals surface area contributed by atoms with Crippen molar-refractivity contribution in [3.63, 3.8) is 0 Å². The molecule has 2 rings (SSSR count). The predicted molar refractivity (Wildman–Crippen MR) is 52.8 cm³/mol. The van der Waals surface area contributed by atoms with Crippen LogP contribution in [0.4, 0.5) is 0 Å². The van der Waals surface area contributed by atoms with Gasteiger partial charge in [-0.25, -0.2) is 4.79 Å². The van der Waals surface area contributed by atoms with E-state index < -0.39 is 5.97 Å². The maximum atomic E-state index is 11.1. The second-order valence-electron chi connectivity index (χ2n) is 3.93. The number of carboxylic acid groups (broad SMARTS) is 1. The molecule has 0 unspecified atom stereocenters. The lowest BCUT2D eigenvalue weighted by Gasteiger charge is -2.24. The van der Waals surface area contributed by atoms with Crippen LogP contribution in [0.1, 0.15) is 41.7 Å². The molecular weight excluding hydrogens is 196 g/mol. The highest BCUT2D eigenvalue weighted by Gasteiger charge is 2.30. The molecule has 15 heavy (non-hydrogen) atoms. The van der Waals surface area contributed by atoms with Crippen LogP contribution in [0.2, 0.25) is 0 Å². The fraction of sp³-hybridized carbons (Fsp3) is 0.600. The summed E-state index contributed by atoms with van der Waals surface area (Å²) in [5, 5.41) is 13.3. The summed E-state index contributed by atoms with van der Waals surface area (Å²) in [4.78, 5) is 11.1. The minimum absolute atomic E-state index is 0.0507. The van der Waals surface area contributed by atoms with Gasteiger partial charge in [0.2, 0.25) is 0 Å². The number of rotatable bonds is 1. The normalized spacial score (nSPS) is 25.0. The Morgan fingerprint density at radius 2 is 2.27 bits per heavy atom.